The maximum atomic E-state index is 11.4. The van der Waals surface area contributed by atoms with Crippen LogP contribution in [-0.2, 0) is 6.42 Å². The third-order valence-electron chi connectivity index (χ3n) is 3.79. The van der Waals surface area contributed by atoms with E-state index in [1.54, 1.807) is 23.5 Å². The summed E-state index contributed by atoms with van der Waals surface area (Å²) in [5.41, 5.74) is 2.41. The predicted molar refractivity (Wildman–Crippen MR) is 79.7 cm³/mol. The Morgan fingerprint density at radius 2 is 2.25 bits per heavy atom. The van der Waals surface area contributed by atoms with Gasteiger partial charge < -0.3 is 10.0 Å². The second kappa shape index (κ2) is 4.90. The molecule has 2 aromatic rings. The van der Waals surface area contributed by atoms with Crippen LogP contribution in [0.15, 0.2) is 23.6 Å². The van der Waals surface area contributed by atoms with Gasteiger partial charge in [-0.25, -0.2) is 9.78 Å². The van der Waals surface area contributed by atoms with E-state index in [9.17, 15) is 9.90 Å². The number of carboxylic acids is 1. The number of fused-ring (bicyclic) bond motifs is 1. The summed E-state index contributed by atoms with van der Waals surface area (Å²) >= 11 is 1.78. The number of anilines is 1. The lowest BCUT2D eigenvalue weighted by atomic mass is 10.0. The van der Waals surface area contributed by atoms with Crippen molar-refractivity contribution in [1.29, 1.82) is 0 Å². The fourth-order valence-corrected chi connectivity index (χ4v) is 3.69. The molecule has 1 atom stereocenters. The van der Waals surface area contributed by atoms with Crippen molar-refractivity contribution in [3.8, 4) is 0 Å². The number of aromatic nitrogens is 1. The van der Waals surface area contributed by atoms with E-state index in [1.165, 1.54) is 10.4 Å². The van der Waals surface area contributed by atoms with Gasteiger partial charge in [-0.05, 0) is 49.4 Å². The molecular formula is C15H16N2O2S. The van der Waals surface area contributed by atoms with Gasteiger partial charge in [0.2, 0.25) is 0 Å². The van der Waals surface area contributed by atoms with Gasteiger partial charge in [0.05, 0.1) is 6.04 Å². The van der Waals surface area contributed by atoms with E-state index in [0.717, 1.165) is 18.7 Å². The number of aromatic carboxylic acids is 1. The summed E-state index contributed by atoms with van der Waals surface area (Å²) in [7, 11) is 0. The number of hydrogen-bond donors (Lipinski definition) is 1. The molecule has 5 heteroatoms. The summed E-state index contributed by atoms with van der Waals surface area (Å²) in [5, 5.41) is 11.5. The molecule has 3 heterocycles. The number of hydrogen-bond acceptors (Lipinski definition) is 4. The molecule has 1 aliphatic rings. The number of thiophene rings is 1. The van der Waals surface area contributed by atoms with Gasteiger partial charge in [0, 0.05) is 17.1 Å². The van der Waals surface area contributed by atoms with E-state index in [1.807, 2.05) is 6.92 Å². The Labute approximate surface area is 121 Å². The third-order valence-corrected chi connectivity index (χ3v) is 4.79. The van der Waals surface area contributed by atoms with Crippen molar-refractivity contribution in [2.24, 2.45) is 0 Å². The fraction of sp³-hybridized carbons (Fsp3) is 0.333. The number of pyridine rings is 1. The highest BCUT2D eigenvalue weighted by atomic mass is 32.1. The Morgan fingerprint density at radius 3 is 3.00 bits per heavy atom. The van der Waals surface area contributed by atoms with Gasteiger partial charge in [-0.15, -0.1) is 11.3 Å². The predicted octanol–water partition coefficient (Wildman–Crippen LogP) is 3.27. The lowest BCUT2D eigenvalue weighted by Crippen LogP contribution is -2.35. The Bertz CT molecular complexity index is 666. The number of carboxylic acid groups (broad SMARTS) is 1. The van der Waals surface area contributed by atoms with Crippen molar-refractivity contribution in [3.63, 3.8) is 0 Å². The molecule has 0 radical (unpaired) electrons. The Balaban J connectivity index is 2.06. The SMILES string of the molecule is Cc1ccc(C(=O)O)c(N2CCc3sccc3C2C)n1. The van der Waals surface area contributed by atoms with Crippen LogP contribution in [-0.4, -0.2) is 22.6 Å². The smallest absolute Gasteiger partial charge is 0.339 e. The van der Waals surface area contributed by atoms with Crippen LogP contribution in [0.1, 0.15) is 39.5 Å². The summed E-state index contributed by atoms with van der Waals surface area (Å²) in [6.07, 6.45) is 0.950. The summed E-state index contributed by atoms with van der Waals surface area (Å²) in [6.45, 7) is 4.81. The molecule has 20 heavy (non-hydrogen) atoms. The zero-order chi connectivity index (χ0) is 14.3. The molecule has 0 saturated heterocycles. The molecule has 0 aromatic carbocycles. The molecule has 0 aliphatic carbocycles. The molecule has 1 unspecified atom stereocenters. The first-order valence-electron chi connectivity index (χ1n) is 6.62. The van der Waals surface area contributed by atoms with Crippen LogP contribution in [0.2, 0.25) is 0 Å². The first kappa shape index (κ1) is 13.1. The topological polar surface area (TPSA) is 53.4 Å². The molecule has 1 N–H and O–H groups in total. The minimum atomic E-state index is -0.921. The second-order valence-corrected chi connectivity index (χ2v) is 6.05. The van der Waals surface area contributed by atoms with Crippen molar-refractivity contribution in [1.82, 2.24) is 4.98 Å². The van der Waals surface area contributed by atoms with E-state index in [-0.39, 0.29) is 11.6 Å². The average molecular weight is 288 g/mol. The van der Waals surface area contributed by atoms with Crippen LogP contribution in [0, 0.1) is 6.92 Å². The molecule has 2 aromatic heterocycles. The van der Waals surface area contributed by atoms with Gasteiger partial charge in [-0.2, -0.15) is 0 Å². The van der Waals surface area contributed by atoms with E-state index in [2.05, 4.69) is 28.3 Å². The van der Waals surface area contributed by atoms with Crippen molar-refractivity contribution in [2.45, 2.75) is 26.3 Å². The highest BCUT2D eigenvalue weighted by molar-refractivity contribution is 7.10. The number of nitrogens with zero attached hydrogens (tertiary/aromatic N) is 2. The normalized spacial score (nSPS) is 17.9. The summed E-state index contributed by atoms with van der Waals surface area (Å²) < 4.78 is 0. The Morgan fingerprint density at radius 1 is 1.45 bits per heavy atom. The third kappa shape index (κ3) is 2.08. The zero-order valence-corrected chi connectivity index (χ0v) is 12.3. The van der Waals surface area contributed by atoms with Crippen molar-refractivity contribution in [2.75, 3.05) is 11.4 Å². The second-order valence-electron chi connectivity index (χ2n) is 5.05. The molecule has 1 aliphatic heterocycles. The molecule has 0 saturated carbocycles. The van der Waals surface area contributed by atoms with Crippen molar-refractivity contribution in [3.05, 3.63) is 45.3 Å². The van der Waals surface area contributed by atoms with Crippen LogP contribution in [0.5, 0.6) is 0 Å². The summed E-state index contributed by atoms with van der Waals surface area (Å²) in [4.78, 5) is 19.4. The van der Waals surface area contributed by atoms with Gasteiger partial charge in [0.1, 0.15) is 11.4 Å². The van der Waals surface area contributed by atoms with E-state index in [0.29, 0.717) is 5.82 Å². The molecular weight excluding hydrogens is 272 g/mol. The maximum Gasteiger partial charge on any atom is 0.339 e. The van der Waals surface area contributed by atoms with Crippen LogP contribution < -0.4 is 4.90 Å². The highest BCUT2D eigenvalue weighted by Crippen LogP contribution is 2.36. The van der Waals surface area contributed by atoms with Crippen LogP contribution in [0.4, 0.5) is 5.82 Å². The average Bonchev–Trinajstić information content (AvgIpc) is 2.88. The van der Waals surface area contributed by atoms with Gasteiger partial charge in [0.15, 0.2) is 0 Å². The minimum absolute atomic E-state index is 0.164. The van der Waals surface area contributed by atoms with Gasteiger partial charge >= 0.3 is 5.97 Å². The molecule has 3 rings (SSSR count). The van der Waals surface area contributed by atoms with Crippen molar-refractivity contribution >= 4 is 23.1 Å². The lowest BCUT2D eigenvalue weighted by molar-refractivity contribution is 0.0697. The first-order valence-corrected chi connectivity index (χ1v) is 7.49. The largest absolute Gasteiger partial charge is 0.478 e. The monoisotopic (exact) mass is 288 g/mol. The van der Waals surface area contributed by atoms with E-state index >= 15 is 0 Å². The van der Waals surface area contributed by atoms with Crippen LogP contribution in [0.25, 0.3) is 0 Å². The maximum absolute atomic E-state index is 11.4. The molecule has 4 nitrogen and oxygen atoms in total. The van der Waals surface area contributed by atoms with Crippen molar-refractivity contribution < 1.29 is 9.90 Å². The minimum Gasteiger partial charge on any atom is -0.478 e. The molecule has 0 bridgehead atoms. The van der Waals surface area contributed by atoms with Crippen LogP contribution in [0.3, 0.4) is 0 Å². The van der Waals surface area contributed by atoms with Gasteiger partial charge in [0.25, 0.3) is 0 Å². The van der Waals surface area contributed by atoms with Gasteiger partial charge in [-0.1, -0.05) is 0 Å². The fourth-order valence-electron chi connectivity index (χ4n) is 2.73. The quantitative estimate of drug-likeness (QED) is 0.921. The summed E-state index contributed by atoms with van der Waals surface area (Å²) in [5.74, 6) is -0.335. The molecule has 0 fully saturated rings. The highest BCUT2D eigenvalue weighted by Gasteiger charge is 2.28. The molecule has 0 amide bonds. The van der Waals surface area contributed by atoms with E-state index < -0.39 is 5.97 Å². The first-order chi connectivity index (χ1) is 9.58. The zero-order valence-electron chi connectivity index (χ0n) is 11.5. The number of carbonyl (C=O) groups is 1. The number of aryl methyl sites for hydroxylation is 1. The van der Waals surface area contributed by atoms with Crippen LogP contribution >= 0.6 is 11.3 Å². The Kier molecular flexibility index (Phi) is 3.22. The Hall–Kier alpha value is -1.88. The van der Waals surface area contributed by atoms with Gasteiger partial charge in [-0.3, -0.25) is 0 Å². The number of rotatable bonds is 2. The standard InChI is InChI=1S/C15H16N2O2S/c1-9-3-4-12(15(18)19)14(16-9)17-7-5-13-11(10(17)2)6-8-20-13/h3-4,6,8,10H,5,7H2,1-2H3,(H,18,19). The lowest BCUT2D eigenvalue weighted by Gasteiger charge is -2.35. The molecule has 104 valence electrons. The summed E-state index contributed by atoms with van der Waals surface area (Å²) in [6, 6.07) is 5.69. The molecule has 0 spiro atoms. The van der Waals surface area contributed by atoms with E-state index in [4.69, 9.17) is 0 Å².